The van der Waals surface area contributed by atoms with Crippen LogP contribution in [0.15, 0.2) is 28.8 Å². The Morgan fingerprint density at radius 3 is 3.00 bits per heavy atom. The lowest BCUT2D eigenvalue weighted by atomic mass is 10.1. The predicted octanol–water partition coefficient (Wildman–Crippen LogP) is 1.07. The average Bonchev–Trinajstić information content (AvgIpc) is 2.78. The Kier molecular flexibility index (Phi) is 2.44. The monoisotopic (exact) mass is 200 g/mol. The van der Waals surface area contributed by atoms with Crippen LogP contribution < -0.4 is 5.73 Å². The van der Waals surface area contributed by atoms with E-state index in [9.17, 15) is 0 Å². The predicted molar refractivity (Wildman–Crippen MR) is 52.3 cm³/mol. The summed E-state index contributed by atoms with van der Waals surface area (Å²) in [5.41, 5.74) is 6.64. The van der Waals surface area contributed by atoms with Gasteiger partial charge in [-0.2, -0.15) is 10.2 Å². The van der Waals surface area contributed by atoms with E-state index in [1.165, 1.54) is 0 Å². The van der Waals surface area contributed by atoms with E-state index in [1.807, 2.05) is 6.07 Å². The molecular weight excluding hydrogens is 192 g/mol. The lowest BCUT2D eigenvalue weighted by Gasteiger charge is -1.93. The van der Waals surface area contributed by atoms with Crippen molar-refractivity contribution in [2.45, 2.75) is 6.54 Å². The summed E-state index contributed by atoms with van der Waals surface area (Å²) in [4.78, 5) is 4.06. The maximum atomic E-state index is 8.72. The molecule has 0 amide bonds. The van der Waals surface area contributed by atoms with Crippen molar-refractivity contribution in [2.75, 3.05) is 0 Å². The molecule has 0 saturated carbocycles. The first kappa shape index (κ1) is 9.37. The largest absolute Gasteiger partial charge is 0.334 e. The zero-order valence-electron chi connectivity index (χ0n) is 7.84. The van der Waals surface area contributed by atoms with Crippen molar-refractivity contribution in [1.82, 2.24) is 10.1 Å². The molecule has 0 unspecified atom stereocenters. The van der Waals surface area contributed by atoms with Gasteiger partial charge in [0.1, 0.15) is 0 Å². The highest BCUT2D eigenvalue weighted by atomic mass is 16.5. The number of hydrogen-bond acceptors (Lipinski definition) is 5. The van der Waals surface area contributed by atoms with Gasteiger partial charge in [-0.15, -0.1) is 0 Å². The summed E-state index contributed by atoms with van der Waals surface area (Å²) < 4.78 is 4.99. The molecule has 2 rings (SSSR count). The van der Waals surface area contributed by atoms with Crippen LogP contribution in [0.4, 0.5) is 0 Å². The maximum Gasteiger partial charge on any atom is 0.258 e. The lowest BCUT2D eigenvalue weighted by Crippen LogP contribution is -1.97. The molecule has 1 heterocycles. The number of rotatable bonds is 2. The van der Waals surface area contributed by atoms with Gasteiger partial charge in [-0.1, -0.05) is 11.2 Å². The number of aromatic nitrogens is 2. The minimum Gasteiger partial charge on any atom is -0.334 e. The van der Waals surface area contributed by atoms with Crippen molar-refractivity contribution in [3.05, 3.63) is 35.7 Å². The first-order valence-electron chi connectivity index (χ1n) is 4.36. The topological polar surface area (TPSA) is 88.7 Å². The highest BCUT2D eigenvalue weighted by Crippen LogP contribution is 2.17. The SMILES string of the molecule is N#Cc1cccc(-c2nc(CN)no2)c1. The quantitative estimate of drug-likeness (QED) is 0.783. The summed E-state index contributed by atoms with van der Waals surface area (Å²) in [5.74, 6) is 0.833. The Morgan fingerprint density at radius 1 is 1.47 bits per heavy atom. The van der Waals surface area contributed by atoms with E-state index in [4.69, 9.17) is 15.5 Å². The van der Waals surface area contributed by atoms with Gasteiger partial charge in [0.15, 0.2) is 5.82 Å². The molecule has 0 atom stereocenters. The highest BCUT2D eigenvalue weighted by molar-refractivity contribution is 5.55. The molecule has 1 aromatic heterocycles. The summed E-state index contributed by atoms with van der Waals surface area (Å²) in [7, 11) is 0. The summed E-state index contributed by atoms with van der Waals surface area (Å²) in [6.45, 7) is 0.238. The lowest BCUT2D eigenvalue weighted by molar-refractivity contribution is 0.423. The van der Waals surface area contributed by atoms with Crippen molar-refractivity contribution in [2.24, 2.45) is 5.73 Å². The molecule has 5 heteroatoms. The smallest absolute Gasteiger partial charge is 0.258 e. The minimum absolute atomic E-state index is 0.238. The van der Waals surface area contributed by atoms with Crippen molar-refractivity contribution >= 4 is 0 Å². The van der Waals surface area contributed by atoms with Gasteiger partial charge >= 0.3 is 0 Å². The summed E-state index contributed by atoms with van der Waals surface area (Å²) in [6.07, 6.45) is 0. The summed E-state index contributed by atoms with van der Waals surface area (Å²) >= 11 is 0. The molecule has 0 saturated heterocycles. The second-order valence-corrected chi connectivity index (χ2v) is 2.91. The Balaban J connectivity index is 2.41. The van der Waals surface area contributed by atoms with Gasteiger partial charge in [0.2, 0.25) is 0 Å². The van der Waals surface area contributed by atoms with Crippen molar-refractivity contribution in [1.29, 1.82) is 5.26 Å². The number of nitrogens with zero attached hydrogens (tertiary/aromatic N) is 3. The van der Waals surface area contributed by atoms with Gasteiger partial charge in [-0.3, -0.25) is 0 Å². The van der Waals surface area contributed by atoms with E-state index in [-0.39, 0.29) is 6.54 Å². The highest BCUT2D eigenvalue weighted by Gasteiger charge is 2.07. The number of nitrogens with two attached hydrogens (primary N) is 1. The van der Waals surface area contributed by atoms with Crippen LogP contribution in [0.5, 0.6) is 0 Å². The fourth-order valence-corrected chi connectivity index (χ4v) is 1.18. The van der Waals surface area contributed by atoms with Gasteiger partial charge in [0.05, 0.1) is 18.2 Å². The van der Waals surface area contributed by atoms with Gasteiger partial charge < -0.3 is 10.3 Å². The molecule has 1 aromatic carbocycles. The minimum atomic E-state index is 0.238. The first-order valence-corrected chi connectivity index (χ1v) is 4.36. The molecule has 0 aliphatic heterocycles. The normalized spacial score (nSPS) is 9.87. The molecule has 0 fully saturated rings. The number of nitriles is 1. The van der Waals surface area contributed by atoms with Crippen LogP contribution in [0.3, 0.4) is 0 Å². The maximum absolute atomic E-state index is 8.72. The fraction of sp³-hybridized carbons (Fsp3) is 0.100. The standard InChI is InChI=1S/C10H8N4O/c11-5-7-2-1-3-8(4-7)10-13-9(6-12)14-15-10/h1-4H,6,12H2. The Morgan fingerprint density at radius 2 is 2.33 bits per heavy atom. The Bertz CT molecular complexity index is 512. The van der Waals surface area contributed by atoms with Gasteiger partial charge in [-0.25, -0.2) is 0 Å². The number of benzene rings is 1. The van der Waals surface area contributed by atoms with E-state index >= 15 is 0 Å². The third-order valence-corrected chi connectivity index (χ3v) is 1.89. The van der Waals surface area contributed by atoms with Gasteiger partial charge in [0.25, 0.3) is 5.89 Å². The van der Waals surface area contributed by atoms with E-state index in [1.54, 1.807) is 24.3 Å². The van der Waals surface area contributed by atoms with Gasteiger partial charge in [0, 0.05) is 5.56 Å². The van der Waals surface area contributed by atoms with Crippen LogP contribution in [-0.4, -0.2) is 10.1 Å². The Hall–Kier alpha value is -2.19. The van der Waals surface area contributed by atoms with E-state index in [0.29, 0.717) is 17.3 Å². The molecule has 2 N–H and O–H groups in total. The second-order valence-electron chi connectivity index (χ2n) is 2.91. The Labute approximate surface area is 86.1 Å². The van der Waals surface area contributed by atoms with Crippen LogP contribution in [0.2, 0.25) is 0 Å². The zero-order chi connectivity index (χ0) is 10.7. The van der Waals surface area contributed by atoms with Crippen LogP contribution in [0.1, 0.15) is 11.4 Å². The van der Waals surface area contributed by atoms with E-state index in [2.05, 4.69) is 10.1 Å². The van der Waals surface area contributed by atoms with E-state index < -0.39 is 0 Å². The van der Waals surface area contributed by atoms with Crippen LogP contribution in [0, 0.1) is 11.3 Å². The summed E-state index contributed by atoms with van der Waals surface area (Å²) in [6, 6.07) is 9.01. The molecular formula is C10H8N4O. The molecule has 0 aliphatic rings. The summed E-state index contributed by atoms with van der Waals surface area (Å²) in [5, 5.41) is 12.4. The third-order valence-electron chi connectivity index (χ3n) is 1.89. The molecule has 5 nitrogen and oxygen atoms in total. The molecule has 74 valence electrons. The molecule has 0 aliphatic carbocycles. The van der Waals surface area contributed by atoms with Crippen molar-refractivity contribution in [3.8, 4) is 17.5 Å². The second kappa shape index (κ2) is 3.90. The van der Waals surface area contributed by atoms with Crippen LogP contribution in [0.25, 0.3) is 11.5 Å². The molecule has 2 aromatic rings. The molecule has 0 bridgehead atoms. The molecule has 0 radical (unpaired) electrons. The molecule has 0 spiro atoms. The van der Waals surface area contributed by atoms with Gasteiger partial charge in [-0.05, 0) is 18.2 Å². The van der Waals surface area contributed by atoms with Crippen LogP contribution in [-0.2, 0) is 6.54 Å². The fourth-order valence-electron chi connectivity index (χ4n) is 1.18. The average molecular weight is 200 g/mol. The van der Waals surface area contributed by atoms with Crippen molar-refractivity contribution in [3.63, 3.8) is 0 Å². The van der Waals surface area contributed by atoms with Crippen molar-refractivity contribution < 1.29 is 4.52 Å². The third kappa shape index (κ3) is 1.85. The first-order chi connectivity index (χ1) is 7.33. The zero-order valence-corrected chi connectivity index (χ0v) is 7.84. The van der Waals surface area contributed by atoms with E-state index in [0.717, 1.165) is 5.56 Å². The molecule has 15 heavy (non-hydrogen) atoms. The van der Waals surface area contributed by atoms with Crippen LogP contribution >= 0.6 is 0 Å². The number of hydrogen-bond donors (Lipinski definition) is 1.